The number of carbonyl (C=O) groups is 1. The predicted molar refractivity (Wildman–Crippen MR) is 91.1 cm³/mol. The van der Waals surface area contributed by atoms with Gasteiger partial charge in [0.05, 0.1) is 12.8 Å². The number of para-hydroxylation sites is 1. The van der Waals surface area contributed by atoms with E-state index < -0.39 is 0 Å². The lowest BCUT2D eigenvalue weighted by molar-refractivity contribution is -0.118. The highest BCUT2D eigenvalue weighted by Crippen LogP contribution is 2.19. The van der Waals surface area contributed by atoms with Crippen LogP contribution in [0.5, 0.6) is 0 Å². The van der Waals surface area contributed by atoms with Crippen molar-refractivity contribution in [3.05, 3.63) is 90.4 Å². The summed E-state index contributed by atoms with van der Waals surface area (Å²) >= 11 is 0. The summed E-state index contributed by atoms with van der Waals surface area (Å²) in [5.41, 5.74) is 2.03. The summed E-state index contributed by atoms with van der Waals surface area (Å²) in [6.07, 6.45) is 2.68. The third-order valence-corrected chi connectivity index (χ3v) is 3.72. The molecule has 0 saturated heterocycles. The topological polar surface area (TPSA) is 33.5 Å². The Morgan fingerprint density at radius 1 is 0.870 bits per heavy atom. The first-order chi connectivity index (χ1) is 11.3. The van der Waals surface area contributed by atoms with Gasteiger partial charge in [-0.2, -0.15) is 0 Å². The average Bonchev–Trinajstić information content (AvgIpc) is 3.13. The molecule has 116 valence electrons. The summed E-state index contributed by atoms with van der Waals surface area (Å²) in [4.78, 5) is 14.6. The minimum absolute atomic E-state index is 0.0939. The lowest BCUT2D eigenvalue weighted by atomic mass is 10.1. The van der Waals surface area contributed by atoms with Gasteiger partial charge in [0.1, 0.15) is 5.76 Å². The minimum atomic E-state index is 0.0939. The molecule has 0 aliphatic carbocycles. The fourth-order valence-electron chi connectivity index (χ4n) is 2.52. The first-order valence-electron chi connectivity index (χ1n) is 7.74. The standard InChI is InChI=1S/C20H19NO2/c22-20(14-13-19-12-7-15-23-19)21(18-10-5-2-6-11-18)16-17-8-3-1-4-9-17/h1-12,15H,13-14,16H2. The van der Waals surface area contributed by atoms with Gasteiger partial charge >= 0.3 is 0 Å². The second kappa shape index (κ2) is 7.45. The number of benzene rings is 2. The number of rotatable bonds is 6. The van der Waals surface area contributed by atoms with Gasteiger partial charge in [-0.3, -0.25) is 4.79 Å². The number of nitrogens with zero attached hydrogens (tertiary/aromatic N) is 1. The molecule has 0 N–H and O–H groups in total. The SMILES string of the molecule is O=C(CCc1ccco1)N(Cc1ccccc1)c1ccccc1. The molecular formula is C20H19NO2. The van der Waals surface area contributed by atoms with Crippen molar-refractivity contribution in [3.8, 4) is 0 Å². The molecule has 0 bridgehead atoms. The van der Waals surface area contributed by atoms with Crippen molar-refractivity contribution in [2.75, 3.05) is 4.90 Å². The Hall–Kier alpha value is -2.81. The van der Waals surface area contributed by atoms with Crippen LogP contribution in [0.15, 0.2) is 83.5 Å². The smallest absolute Gasteiger partial charge is 0.227 e. The number of furan rings is 1. The van der Waals surface area contributed by atoms with Gasteiger partial charge in [0.25, 0.3) is 0 Å². The molecule has 0 aliphatic rings. The van der Waals surface area contributed by atoms with Gasteiger partial charge in [0.15, 0.2) is 0 Å². The molecule has 0 spiro atoms. The first-order valence-corrected chi connectivity index (χ1v) is 7.74. The molecule has 1 aromatic heterocycles. The molecule has 3 aromatic rings. The third-order valence-electron chi connectivity index (χ3n) is 3.72. The van der Waals surface area contributed by atoms with Crippen LogP contribution < -0.4 is 4.90 Å². The Kier molecular flexibility index (Phi) is 4.89. The van der Waals surface area contributed by atoms with Gasteiger partial charge in [0.2, 0.25) is 5.91 Å². The van der Waals surface area contributed by atoms with E-state index in [2.05, 4.69) is 0 Å². The van der Waals surface area contributed by atoms with Crippen molar-refractivity contribution in [2.24, 2.45) is 0 Å². The number of anilines is 1. The zero-order valence-electron chi connectivity index (χ0n) is 12.9. The van der Waals surface area contributed by atoms with E-state index in [1.807, 2.05) is 77.7 Å². The predicted octanol–water partition coefficient (Wildman–Crippen LogP) is 4.45. The van der Waals surface area contributed by atoms with Crippen LogP contribution in [0, 0.1) is 0 Å². The molecule has 2 aromatic carbocycles. The van der Waals surface area contributed by atoms with Crippen molar-refractivity contribution in [1.29, 1.82) is 0 Å². The number of hydrogen-bond donors (Lipinski definition) is 0. The Bertz CT molecular complexity index is 721. The maximum absolute atomic E-state index is 12.7. The summed E-state index contributed by atoms with van der Waals surface area (Å²) in [7, 11) is 0. The Balaban J connectivity index is 1.75. The highest BCUT2D eigenvalue weighted by atomic mass is 16.3. The number of amides is 1. The van der Waals surface area contributed by atoms with E-state index in [9.17, 15) is 4.79 Å². The first kappa shape index (κ1) is 15.1. The molecule has 0 saturated carbocycles. The van der Waals surface area contributed by atoms with E-state index in [4.69, 9.17) is 4.42 Å². The van der Waals surface area contributed by atoms with E-state index in [0.29, 0.717) is 19.4 Å². The molecule has 0 unspecified atom stereocenters. The third kappa shape index (κ3) is 4.10. The van der Waals surface area contributed by atoms with Crippen molar-refractivity contribution in [3.63, 3.8) is 0 Å². The molecular weight excluding hydrogens is 286 g/mol. The van der Waals surface area contributed by atoms with Crippen LogP contribution in [0.25, 0.3) is 0 Å². The molecule has 23 heavy (non-hydrogen) atoms. The molecule has 0 atom stereocenters. The van der Waals surface area contributed by atoms with E-state index in [0.717, 1.165) is 17.0 Å². The Labute approximate surface area is 136 Å². The van der Waals surface area contributed by atoms with Crippen LogP contribution in [0.3, 0.4) is 0 Å². The van der Waals surface area contributed by atoms with Crippen LogP contribution in [0.2, 0.25) is 0 Å². The van der Waals surface area contributed by atoms with E-state index in [1.54, 1.807) is 6.26 Å². The van der Waals surface area contributed by atoms with Gasteiger partial charge < -0.3 is 9.32 Å². The number of hydrogen-bond acceptors (Lipinski definition) is 2. The summed E-state index contributed by atoms with van der Waals surface area (Å²) in [6, 6.07) is 23.6. The van der Waals surface area contributed by atoms with Crippen LogP contribution >= 0.6 is 0 Å². The molecule has 1 heterocycles. The maximum atomic E-state index is 12.7. The van der Waals surface area contributed by atoms with E-state index in [1.165, 1.54) is 0 Å². The lowest BCUT2D eigenvalue weighted by Crippen LogP contribution is -2.30. The Morgan fingerprint density at radius 3 is 2.22 bits per heavy atom. The van der Waals surface area contributed by atoms with Crippen molar-refractivity contribution in [1.82, 2.24) is 0 Å². The lowest BCUT2D eigenvalue weighted by Gasteiger charge is -2.23. The molecule has 0 radical (unpaired) electrons. The maximum Gasteiger partial charge on any atom is 0.227 e. The number of carbonyl (C=O) groups excluding carboxylic acids is 1. The fourth-order valence-corrected chi connectivity index (χ4v) is 2.52. The molecule has 3 heteroatoms. The van der Waals surface area contributed by atoms with Crippen molar-refractivity contribution < 1.29 is 9.21 Å². The average molecular weight is 305 g/mol. The van der Waals surface area contributed by atoms with Gasteiger partial charge in [-0.05, 0) is 29.8 Å². The van der Waals surface area contributed by atoms with Gasteiger partial charge in [-0.1, -0.05) is 48.5 Å². The molecule has 0 fully saturated rings. The molecule has 3 nitrogen and oxygen atoms in total. The zero-order chi connectivity index (χ0) is 15.9. The van der Waals surface area contributed by atoms with E-state index >= 15 is 0 Å². The monoisotopic (exact) mass is 305 g/mol. The van der Waals surface area contributed by atoms with Crippen molar-refractivity contribution >= 4 is 11.6 Å². The second-order valence-corrected chi connectivity index (χ2v) is 5.38. The highest BCUT2D eigenvalue weighted by Gasteiger charge is 2.16. The summed E-state index contributed by atoms with van der Waals surface area (Å²) in [5.74, 6) is 0.933. The summed E-state index contributed by atoms with van der Waals surface area (Å²) in [6.45, 7) is 0.571. The summed E-state index contributed by atoms with van der Waals surface area (Å²) in [5, 5.41) is 0. The highest BCUT2D eigenvalue weighted by molar-refractivity contribution is 5.93. The zero-order valence-corrected chi connectivity index (χ0v) is 12.9. The summed E-state index contributed by atoms with van der Waals surface area (Å²) < 4.78 is 5.32. The van der Waals surface area contributed by atoms with Crippen molar-refractivity contribution in [2.45, 2.75) is 19.4 Å². The largest absolute Gasteiger partial charge is 0.469 e. The number of aryl methyl sites for hydroxylation is 1. The van der Waals surface area contributed by atoms with Crippen LogP contribution in [-0.4, -0.2) is 5.91 Å². The second-order valence-electron chi connectivity index (χ2n) is 5.38. The quantitative estimate of drug-likeness (QED) is 0.674. The molecule has 0 aliphatic heterocycles. The van der Waals surface area contributed by atoms with E-state index in [-0.39, 0.29) is 5.91 Å². The van der Waals surface area contributed by atoms with Crippen LogP contribution in [-0.2, 0) is 17.8 Å². The fraction of sp³-hybridized carbons (Fsp3) is 0.150. The van der Waals surface area contributed by atoms with Crippen LogP contribution in [0.4, 0.5) is 5.69 Å². The van der Waals surface area contributed by atoms with Gasteiger partial charge in [0, 0.05) is 18.5 Å². The minimum Gasteiger partial charge on any atom is -0.469 e. The molecule has 3 rings (SSSR count). The van der Waals surface area contributed by atoms with Gasteiger partial charge in [-0.15, -0.1) is 0 Å². The molecule has 1 amide bonds. The Morgan fingerprint density at radius 2 is 1.57 bits per heavy atom. The normalized spacial score (nSPS) is 10.4. The van der Waals surface area contributed by atoms with Crippen LogP contribution in [0.1, 0.15) is 17.7 Å². The van der Waals surface area contributed by atoms with Gasteiger partial charge in [-0.25, -0.2) is 0 Å².